The SMILES string of the molecule is N#Cc1ccnc(-n2ccnc2)c1N. The molecule has 0 radical (unpaired) electrons. The molecule has 0 saturated carbocycles. The highest BCUT2D eigenvalue weighted by Gasteiger charge is 2.06. The van der Waals surface area contributed by atoms with Crippen LogP contribution in [0.1, 0.15) is 5.56 Å². The Morgan fingerprint density at radius 3 is 2.93 bits per heavy atom. The summed E-state index contributed by atoms with van der Waals surface area (Å²) in [6.07, 6.45) is 6.48. The number of nitriles is 1. The van der Waals surface area contributed by atoms with Crippen LogP contribution in [0, 0.1) is 11.3 Å². The van der Waals surface area contributed by atoms with Crippen molar-refractivity contribution in [2.24, 2.45) is 0 Å². The van der Waals surface area contributed by atoms with Crippen LogP contribution < -0.4 is 5.73 Å². The van der Waals surface area contributed by atoms with Gasteiger partial charge in [-0.05, 0) is 6.07 Å². The van der Waals surface area contributed by atoms with Gasteiger partial charge in [-0.3, -0.25) is 4.57 Å². The van der Waals surface area contributed by atoms with Crippen LogP contribution in [0.2, 0.25) is 0 Å². The molecule has 0 aliphatic carbocycles. The fraction of sp³-hybridized carbons (Fsp3) is 0. The molecule has 0 saturated heterocycles. The molecule has 0 bridgehead atoms. The minimum atomic E-state index is 0.369. The summed E-state index contributed by atoms with van der Waals surface area (Å²) in [7, 11) is 0. The summed E-state index contributed by atoms with van der Waals surface area (Å²) >= 11 is 0. The van der Waals surface area contributed by atoms with E-state index in [1.165, 1.54) is 0 Å². The van der Waals surface area contributed by atoms with Crippen molar-refractivity contribution < 1.29 is 0 Å². The molecule has 0 aromatic carbocycles. The van der Waals surface area contributed by atoms with Crippen molar-refractivity contribution in [2.75, 3.05) is 5.73 Å². The first-order chi connectivity index (χ1) is 6.83. The molecule has 2 aromatic rings. The van der Waals surface area contributed by atoms with Crippen molar-refractivity contribution in [2.45, 2.75) is 0 Å². The first-order valence-corrected chi connectivity index (χ1v) is 3.96. The number of imidazole rings is 1. The van der Waals surface area contributed by atoms with Gasteiger partial charge >= 0.3 is 0 Å². The second-order valence-electron chi connectivity index (χ2n) is 2.68. The highest BCUT2D eigenvalue weighted by Crippen LogP contribution is 2.17. The lowest BCUT2D eigenvalue weighted by molar-refractivity contribution is 0.995. The average molecular weight is 185 g/mol. The van der Waals surface area contributed by atoms with E-state index in [-0.39, 0.29) is 0 Å². The van der Waals surface area contributed by atoms with Gasteiger partial charge in [-0.1, -0.05) is 0 Å². The molecule has 0 aliphatic heterocycles. The van der Waals surface area contributed by atoms with Gasteiger partial charge in [0.05, 0.1) is 11.3 Å². The van der Waals surface area contributed by atoms with E-state index in [1.54, 1.807) is 35.6 Å². The summed E-state index contributed by atoms with van der Waals surface area (Å²) in [6, 6.07) is 3.58. The number of hydrogen-bond acceptors (Lipinski definition) is 4. The van der Waals surface area contributed by atoms with Crippen LogP contribution in [-0.2, 0) is 0 Å². The van der Waals surface area contributed by atoms with E-state index in [0.717, 1.165) is 0 Å². The number of hydrogen-bond donors (Lipinski definition) is 1. The number of nitrogen functional groups attached to an aromatic ring is 1. The number of nitrogens with zero attached hydrogens (tertiary/aromatic N) is 4. The Morgan fingerprint density at radius 1 is 1.43 bits per heavy atom. The molecule has 68 valence electrons. The van der Waals surface area contributed by atoms with Crippen LogP contribution in [-0.4, -0.2) is 14.5 Å². The van der Waals surface area contributed by atoms with E-state index in [9.17, 15) is 0 Å². The highest BCUT2D eigenvalue weighted by atomic mass is 15.1. The zero-order chi connectivity index (χ0) is 9.97. The predicted molar refractivity (Wildman–Crippen MR) is 50.5 cm³/mol. The van der Waals surface area contributed by atoms with Gasteiger partial charge in [-0.2, -0.15) is 5.26 Å². The zero-order valence-electron chi connectivity index (χ0n) is 7.25. The number of rotatable bonds is 1. The topological polar surface area (TPSA) is 80.5 Å². The maximum atomic E-state index is 8.76. The van der Waals surface area contributed by atoms with E-state index >= 15 is 0 Å². The Morgan fingerprint density at radius 2 is 2.29 bits per heavy atom. The summed E-state index contributed by atoms with van der Waals surface area (Å²) < 4.78 is 1.66. The van der Waals surface area contributed by atoms with Gasteiger partial charge in [-0.25, -0.2) is 9.97 Å². The smallest absolute Gasteiger partial charge is 0.162 e. The van der Waals surface area contributed by atoms with E-state index in [2.05, 4.69) is 9.97 Å². The lowest BCUT2D eigenvalue weighted by Crippen LogP contribution is -2.02. The molecule has 2 aromatic heterocycles. The molecule has 2 rings (SSSR count). The van der Waals surface area contributed by atoms with Gasteiger partial charge in [0, 0.05) is 18.6 Å². The fourth-order valence-electron chi connectivity index (χ4n) is 1.15. The van der Waals surface area contributed by atoms with Gasteiger partial charge < -0.3 is 5.73 Å². The maximum absolute atomic E-state index is 8.76. The Balaban J connectivity index is 2.61. The predicted octanol–water partition coefficient (Wildman–Crippen LogP) is 0.721. The Labute approximate surface area is 80.4 Å². The van der Waals surface area contributed by atoms with E-state index in [4.69, 9.17) is 11.0 Å². The monoisotopic (exact) mass is 185 g/mol. The third-order valence-electron chi connectivity index (χ3n) is 1.84. The Bertz CT molecular complexity index is 480. The molecule has 0 amide bonds. The number of anilines is 1. The van der Waals surface area contributed by atoms with Crippen LogP contribution in [0.5, 0.6) is 0 Å². The molecule has 0 fully saturated rings. The van der Waals surface area contributed by atoms with Crippen LogP contribution in [0.4, 0.5) is 5.69 Å². The van der Waals surface area contributed by atoms with Crippen molar-refractivity contribution in [1.29, 1.82) is 5.26 Å². The van der Waals surface area contributed by atoms with Gasteiger partial charge in [0.2, 0.25) is 0 Å². The highest BCUT2D eigenvalue weighted by molar-refractivity contribution is 5.63. The van der Waals surface area contributed by atoms with E-state index in [0.29, 0.717) is 17.1 Å². The Kier molecular flexibility index (Phi) is 1.88. The van der Waals surface area contributed by atoms with Gasteiger partial charge in [-0.15, -0.1) is 0 Å². The lowest BCUT2D eigenvalue weighted by Gasteiger charge is -2.05. The minimum Gasteiger partial charge on any atom is -0.395 e. The molecule has 5 nitrogen and oxygen atoms in total. The summed E-state index contributed by atoms with van der Waals surface area (Å²) in [5.41, 5.74) is 6.54. The van der Waals surface area contributed by atoms with Crippen LogP contribution >= 0.6 is 0 Å². The first kappa shape index (κ1) is 8.26. The number of aromatic nitrogens is 3. The second kappa shape index (κ2) is 3.18. The molecule has 0 spiro atoms. The molecular formula is C9H7N5. The third kappa shape index (κ3) is 1.19. The van der Waals surface area contributed by atoms with Gasteiger partial charge in [0.15, 0.2) is 5.82 Å². The minimum absolute atomic E-state index is 0.369. The largest absolute Gasteiger partial charge is 0.395 e. The normalized spacial score (nSPS) is 9.64. The number of pyridine rings is 1. The lowest BCUT2D eigenvalue weighted by atomic mass is 10.2. The van der Waals surface area contributed by atoms with Crippen molar-refractivity contribution in [3.8, 4) is 11.9 Å². The summed E-state index contributed by atoms with van der Waals surface area (Å²) in [6.45, 7) is 0. The molecular weight excluding hydrogens is 178 g/mol. The standard InChI is InChI=1S/C9H7N5/c10-5-7-1-2-13-9(8(7)11)14-4-3-12-6-14/h1-4,6H,11H2. The van der Waals surface area contributed by atoms with Gasteiger partial charge in [0.25, 0.3) is 0 Å². The Hall–Kier alpha value is -2.35. The fourth-order valence-corrected chi connectivity index (χ4v) is 1.15. The molecule has 0 atom stereocenters. The molecule has 14 heavy (non-hydrogen) atoms. The van der Waals surface area contributed by atoms with Crippen molar-refractivity contribution in [3.63, 3.8) is 0 Å². The molecule has 0 aliphatic rings. The van der Waals surface area contributed by atoms with E-state index in [1.807, 2.05) is 6.07 Å². The van der Waals surface area contributed by atoms with E-state index < -0.39 is 0 Å². The summed E-state index contributed by atoms with van der Waals surface area (Å²) in [5, 5.41) is 8.76. The second-order valence-corrected chi connectivity index (χ2v) is 2.68. The summed E-state index contributed by atoms with van der Waals surface area (Å²) in [5.74, 6) is 0.529. The van der Waals surface area contributed by atoms with Crippen LogP contribution in [0.3, 0.4) is 0 Å². The average Bonchev–Trinajstić information content (AvgIpc) is 2.71. The third-order valence-corrected chi connectivity index (χ3v) is 1.84. The quantitative estimate of drug-likeness (QED) is 0.709. The molecule has 2 heterocycles. The number of nitrogens with two attached hydrogens (primary N) is 1. The summed E-state index contributed by atoms with van der Waals surface area (Å²) in [4.78, 5) is 7.96. The molecule has 0 unspecified atom stereocenters. The maximum Gasteiger partial charge on any atom is 0.162 e. The molecule has 5 heteroatoms. The zero-order valence-corrected chi connectivity index (χ0v) is 7.25. The van der Waals surface area contributed by atoms with Crippen LogP contribution in [0.25, 0.3) is 5.82 Å². The van der Waals surface area contributed by atoms with Crippen molar-refractivity contribution in [1.82, 2.24) is 14.5 Å². The van der Waals surface area contributed by atoms with Crippen molar-refractivity contribution >= 4 is 5.69 Å². The molecule has 2 N–H and O–H groups in total. The first-order valence-electron chi connectivity index (χ1n) is 3.96. The van der Waals surface area contributed by atoms with Gasteiger partial charge in [0.1, 0.15) is 12.4 Å². The van der Waals surface area contributed by atoms with Crippen LogP contribution in [0.15, 0.2) is 31.0 Å². The van der Waals surface area contributed by atoms with Crippen molar-refractivity contribution in [3.05, 3.63) is 36.5 Å².